The second kappa shape index (κ2) is 11.5. The van der Waals surface area contributed by atoms with Gasteiger partial charge < -0.3 is 11.4 Å². The average Bonchev–Trinajstić information content (AvgIpc) is 2.26. The third kappa shape index (κ3) is 13.9. The van der Waals surface area contributed by atoms with Crippen molar-refractivity contribution in [2.24, 2.45) is 0 Å². The molecular formula is C15H27AlO3. The lowest BCUT2D eigenvalue weighted by Gasteiger charge is -2.11. The normalized spacial score (nSPS) is 9.79. The Labute approximate surface area is 123 Å². The highest BCUT2D eigenvalue weighted by Gasteiger charge is 2.29. The molecule has 0 bridgehead atoms. The first-order valence-electron chi connectivity index (χ1n) is 6.66. The molecule has 0 aliphatic carbocycles. The minimum atomic E-state index is -2.04. The zero-order valence-corrected chi connectivity index (χ0v) is 14.3. The molecule has 0 N–H and O–H groups in total. The van der Waals surface area contributed by atoms with Crippen LogP contribution < -0.4 is 0 Å². The molecule has 3 nitrogen and oxygen atoms in total. The van der Waals surface area contributed by atoms with Crippen molar-refractivity contribution >= 4 is 15.1 Å². The molecule has 0 saturated carbocycles. The summed E-state index contributed by atoms with van der Waals surface area (Å²) in [7, 11) is 0. The first-order chi connectivity index (χ1) is 8.91. The third-order valence-corrected chi connectivity index (χ3v) is 3.57. The molecule has 0 rings (SSSR count). The number of hydrogen-bond acceptors (Lipinski definition) is 3. The molecule has 0 atom stereocenters. The van der Waals surface area contributed by atoms with E-state index in [0.717, 1.165) is 0 Å². The summed E-state index contributed by atoms with van der Waals surface area (Å²) in [6.45, 7) is 14.0. The lowest BCUT2D eigenvalue weighted by Crippen LogP contribution is -2.27. The molecule has 0 fully saturated rings. The molecule has 108 valence electrons. The van der Waals surface area contributed by atoms with E-state index in [4.69, 9.17) is 11.4 Å². The van der Waals surface area contributed by atoms with Gasteiger partial charge in [-0.25, -0.2) is 0 Å². The van der Waals surface area contributed by atoms with Crippen LogP contribution in [-0.4, -0.2) is 35.0 Å². The molecule has 0 saturated heterocycles. The molecule has 0 aliphatic rings. The molecule has 0 spiro atoms. The first kappa shape index (κ1) is 18.6. The summed E-state index contributed by atoms with van der Waals surface area (Å²) in [4.78, 5) is 0. The smallest absolute Gasteiger partial charge is 0.451 e. The van der Waals surface area contributed by atoms with E-state index < -0.39 is 15.1 Å². The van der Waals surface area contributed by atoms with Crippen LogP contribution in [0.15, 0.2) is 34.9 Å². The van der Waals surface area contributed by atoms with Gasteiger partial charge in [0.25, 0.3) is 0 Å². The van der Waals surface area contributed by atoms with Crippen molar-refractivity contribution in [3.8, 4) is 0 Å². The maximum Gasteiger partial charge on any atom is 0.906 e. The van der Waals surface area contributed by atoms with Crippen LogP contribution >= 0.6 is 0 Å². The van der Waals surface area contributed by atoms with Crippen molar-refractivity contribution in [1.29, 1.82) is 0 Å². The fourth-order valence-electron chi connectivity index (χ4n) is 1.02. The highest BCUT2D eigenvalue weighted by molar-refractivity contribution is 6.36. The molecule has 0 amide bonds. The van der Waals surface area contributed by atoms with Gasteiger partial charge in [-0.1, -0.05) is 34.9 Å². The van der Waals surface area contributed by atoms with Gasteiger partial charge in [-0.3, -0.25) is 0 Å². The largest absolute Gasteiger partial charge is 0.906 e. The average molecular weight is 282 g/mol. The standard InChI is InChI=1S/3C5H9O.Al/c3*1-5(2)3-4-6;/h3*3H,4H2,1-2H3;/q3*-1;+3. The summed E-state index contributed by atoms with van der Waals surface area (Å²) in [6, 6.07) is 0. The number of rotatable bonds is 9. The predicted molar refractivity (Wildman–Crippen MR) is 81.9 cm³/mol. The fraction of sp³-hybridized carbons (Fsp3) is 0.600. The molecule has 19 heavy (non-hydrogen) atoms. The van der Waals surface area contributed by atoms with E-state index in [-0.39, 0.29) is 0 Å². The Hall–Kier alpha value is -0.368. The van der Waals surface area contributed by atoms with Crippen LogP contribution in [-0.2, 0) is 11.4 Å². The number of hydrogen-bond donors (Lipinski definition) is 0. The Morgan fingerprint density at radius 1 is 0.632 bits per heavy atom. The Kier molecular flexibility index (Phi) is 11.2. The Balaban J connectivity index is 4.17. The predicted octanol–water partition coefficient (Wildman–Crippen LogP) is 3.92. The molecule has 0 unspecified atom stereocenters. The lowest BCUT2D eigenvalue weighted by atomic mass is 10.3. The van der Waals surface area contributed by atoms with Crippen LogP contribution in [0.2, 0.25) is 0 Å². The van der Waals surface area contributed by atoms with Gasteiger partial charge in [-0.2, -0.15) is 0 Å². The topological polar surface area (TPSA) is 27.7 Å². The Morgan fingerprint density at radius 2 is 0.895 bits per heavy atom. The van der Waals surface area contributed by atoms with Gasteiger partial charge >= 0.3 is 15.1 Å². The monoisotopic (exact) mass is 282 g/mol. The summed E-state index contributed by atoms with van der Waals surface area (Å²) in [5.74, 6) is 0. The summed E-state index contributed by atoms with van der Waals surface area (Å²) < 4.78 is 17.0. The van der Waals surface area contributed by atoms with E-state index in [2.05, 4.69) is 0 Å². The van der Waals surface area contributed by atoms with Gasteiger partial charge in [0, 0.05) is 19.8 Å². The van der Waals surface area contributed by atoms with Crippen molar-refractivity contribution in [1.82, 2.24) is 0 Å². The van der Waals surface area contributed by atoms with Gasteiger partial charge in [-0.05, 0) is 41.5 Å². The van der Waals surface area contributed by atoms with Gasteiger partial charge in [0.15, 0.2) is 0 Å². The van der Waals surface area contributed by atoms with Crippen LogP contribution in [0.1, 0.15) is 41.5 Å². The molecule has 4 heteroatoms. The van der Waals surface area contributed by atoms with Gasteiger partial charge in [0.05, 0.1) is 0 Å². The molecular weight excluding hydrogens is 255 g/mol. The molecule has 0 aliphatic heterocycles. The van der Waals surface area contributed by atoms with Crippen LogP contribution in [0.4, 0.5) is 0 Å². The summed E-state index contributed by atoms with van der Waals surface area (Å²) in [5.41, 5.74) is 3.71. The van der Waals surface area contributed by atoms with E-state index in [0.29, 0.717) is 19.8 Å². The Morgan fingerprint density at radius 3 is 1.11 bits per heavy atom. The zero-order chi connectivity index (χ0) is 14.7. The fourth-order valence-corrected chi connectivity index (χ4v) is 2.07. The van der Waals surface area contributed by atoms with Crippen LogP contribution in [0.3, 0.4) is 0 Å². The second-order valence-electron chi connectivity index (χ2n) is 5.13. The van der Waals surface area contributed by atoms with Crippen molar-refractivity contribution in [3.05, 3.63) is 34.9 Å². The SMILES string of the molecule is CC(C)=CC[O][Al]([O]CC=C(C)C)[O]CC=C(C)C. The maximum absolute atomic E-state index is 5.68. The lowest BCUT2D eigenvalue weighted by molar-refractivity contribution is 0.122. The van der Waals surface area contributed by atoms with Crippen molar-refractivity contribution in [3.63, 3.8) is 0 Å². The summed E-state index contributed by atoms with van der Waals surface area (Å²) >= 11 is -2.04. The minimum absolute atomic E-state index is 0.558. The van der Waals surface area contributed by atoms with Crippen LogP contribution in [0.5, 0.6) is 0 Å². The van der Waals surface area contributed by atoms with Gasteiger partial charge in [0.2, 0.25) is 0 Å². The minimum Gasteiger partial charge on any atom is -0.451 e. The first-order valence-corrected chi connectivity index (χ1v) is 8.08. The zero-order valence-electron chi connectivity index (χ0n) is 13.2. The van der Waals surface area contributed by atoms with E-state index in [9.17, 15) is 0 Å². The summed E-state index contributed by atoms with van der Waals surface area (Å²) in [6.07, 6.45) is 6.11. The van der Waals surface area contributed by atoms with E-state index in [1.807, 2.05) is 59.8 Å². The van der Waals surface area contributed by atoms with Crippen molar-refractivity contribution in [2.75, 3.05) is 19.8 Å². The highest BCUT2D eigenvalue weighted by atomic mass is 27.3. The third-order valence-electron chi connectivity index (χ3n) is 2.17. The summed E-state index contributed by atoms with van der Waals surface area (Å²) in [5, 5.41) is 0. The quantitative estimate of drug-likeness (QED) is 0.474. The van der Waals surface area contributed by atoms with Crippen molar-refractivity contribution in [2.45, 2.75) is 41.5 Å². The maximum atomic E-state index is 5.68. The molecule has 0 radical (unpaired) electrons. The molecule has 0 aromatic rings. The van der Waals surface area contributed by atoms with Gasteiger partial charge in [0.1, 0.15) is 0 Å². The van der Waals surface area contributed by atoms with Crippen LogP contribution in [0, 0.1) is 0 Å². The van der Waals surface area contributed by atoms with Crippen molar-refractivity contribution < 1.29 is 11.4 Å². The van der Waals surface area contributed by atoms with Gasteiger partial charge in [-0.15, -0.1) is 0 Å². The van der Waals surface area contributed by atoms with E-state index in [1.54, 1.807) is 0 Å². The molecule has 0 heterocycles. The van der Waals surface area contributed by atoms with Crippen LogP contribution in [0.25, 0.3) is 0 Å². The molecule has 0 aromatic heterocycles. The van der Waals surface area contributed by atoms with E-state index in [1.165, 1.54) is 16.7 Å². The highest BCUT2D eigenvalue weighted by Crippen LogP contribution is 1.99. The number of allylic oxidation sites excluding steroid dienone is 3. The van der Waals surface area contributed by atoms with E-state index >= 15 is 0 Å². The second-order valence-corrected chi connectivity index (χ2v) is 6.71. The Bertz CT molecular complexity index is 268. The molecule has 0 aromatic carbocycles.